The number of allylic oxidation sites excluding steroid dienone is 1. The van der Waals surface area contributed by atoms with Crippen molar-refractivity contribution in [2.24, 2.45) is 0 Å². The lowest BCUT2D eigenvalue weighted by Gasteiger charge is -2.06. The minimum Gasteiger partial charge on any atom is -0.462 e. The summed E-state index contributed by atoms with van der Waals surface area (Å²) >= 11 is 1.75. The van der Waals surface area contributed by atoms with Crippen molar-refractivity contribution in [3.8, 4) is 0 Å². The van der Waals surface area contributed by atoms with E-state index in [4.69, 9.17) is 9.47 Å². The summed E-state index contributed by atoms with van der Waals surface area (Å²) < 4.78 is 9.77. The molecule has 120 valence electrons. The second kappa shape index (κ2) is 10.9. The van der Waals surface area contributed by atoms with Crippen molar-refractivity contribution in [2.75, 3.05) is 19.0 Å². The maximum atomic E-state index is 11.7. The fraction of sp³-hybridized carbons (Fsp3) is 0.412. The number of esters is 2. The van der Waals surface area contributed by atoms with Crippen molar-refractivity contribution < 1.29 is 19.1 Å². The number of rotatable bonds is 9. The van der Waals surface area contributed by atoms with E-state index in [0.29, 0.717) is 6.42 Å². The van der Waals surface area contributed by atoms with Gasteiger partial charge in [-0.15, -0.1) is 11.8 Å². The Morgan fingerprint density at radius 2 is 1.64 bits per heavy atom. The fourth-order valence-electron chi connectivity index (χ4n) is 1.70. The van der Waals surface area contributed by atoms with E-state index in [0.717, 1.165) is 12.2 Å². The number of carbonyl (C=O) groups excluding carboxylic acids is 2. The molecule has 0 aromatic heterocycles. The first-order chi connectivity index (χ1) is 10.7. The van der Waals surface area contributed by atoms with Gasteiger partial charge in [-0.2, -0.15) is 0 Å². The monoisotopic (exact) mass is 322 g/mol. The summed E-state index contributed by atoms with van der Waals surface area (Å²) in [5.74, 6) is -0.312. The summed E-state index contributed by atoms with van der Waals surface area (Å²) in [6, 6.07) is 10.1. The van der Waals surface area contributed by atoms with Gasteiger partial charge in [0.2, 0.25) is 0 Å². The first kappa shape index (κ1) is 18.3. The van der Waals surface area contributed by atoms with E-state index < -0.39 is 11.9 Å². The lowest BCUT2D eigenvalue weighted by Crippen LogP contribution is -2.18. The van der Waals surface area contributed by atoms with Crippen molar-refractivity contribution in [3.63, 3.8) is 0 Å². The molecular weight excluding hydrogens is 300 g/mol. The van der Waals surface area contributed by atoms with Gasteiger partial charge in [-0.25, -0.2) is 9.59 Å². The van der Waals surface area contributed by atoms with Crippen LogP contribution in [0.2, 0.25) is 0 Å². The quantitative estimate of drug-likeness (QED) is 0.174. The van der Waals surface area contributed by atoms with Crippen LogP contribution in [-0.4, -0.2) is 30.9 Å². The Morgan fingerprint density at radius 3 is 2.18 bits per heavy atom. The molecule has 1 rings (SSSR count). The van der Waals surface area contributed by atoms with Crippen LogP contribution in [0.1, 0.15) is 26.7 Å². The summed E-state index contributed by atoms with van der Waals surface area (Å²) in [4.78, 5) is 24.7. The molecule has 0 aliphatic carbocycles. The van der Waals surface area contributed by atoms with Gasteiger partial charge in [-0.05, 0) is 44.6 Å². The van der Waals surface area contributed by atoms with Crippen LogP contribution in [0.3, 0.4) is 0 Å². The van der Waals surface area contributed by atoms with Crippen molar-refractivity contribution in [3.05, 3.63) is 42.0 Å². The predicted molar refractivity (Wildman–Crippen MR) is 87.7 cm³/mol. The molecule has 0 N–H and O–H groups in total. The maximum Gasteiger partial charge on any atom is 0.345 e. The van der Waals surface area contributed by atoms with E-state index in [1.54, 1.807) is 31.7 Å². The number of thioether (sulfide) groups is 1. The Hall–Kier alpha value is -1.75. The SMILES string of the molecule is CCOC(=O)C(=CCCCSc1ccccc1)C(=O)OCC. The molecule has 0 aliphatic rings. The van der Waals surface area contributed by atoms with Crippen LogP contribution in [0.25, 0.3) is 0 Å². The largest absolute Gasteiger partial charge is 0.462 e. The van der Waals surface area contributed by atoms with E-state index in [9.17, 15) is 9.59 Å². The minimum absolute atomic E-state index is 0.00610. The Kier molecular flexibility index (Phi) is 9.07. The average Bonchev–Trinajstić information content (AvgIpc) is 2.52. The number of benzene rings is 1. The lowest BCUT2D eigenvalue weighted by molar-refractivity contribution is -0.146. The fourth-order valence-corrected chi connectivity index (χ4v) is 2.60. The summed E-state index contributed by atoms with van der Waals surface area (Å²) in [7, 11) is 0. The van der Waals surface area contributed by atoms with Crippen LogP contribution in [0.15, 0.2) is 46.9 Å². The molecule has 0 saturated heterocycles. The highest BCUT2D eigenvalue weighted by molar-refractivity contribution is 7.99. The molecule has 0 radical (unpaired) electrons. The summed E-state index contributed by atoms with van der Waals surface area (Å²) in [6.45, 7) is 3.88. The van der Waals surface area contributed by atoms with E-state index in [2.05, 4.69) is 12.1 Å². The Bertz CT molecular complexity index is 477. The average molecular weight is 322 g/mol. The molecular formula is C17H22O4S. The molecule has 0 bridgehead atoms. The van der Waals surface area contributed by atoms with Crippen molar-refractivity contribution in [1.29, 1.82) is 0 Å². The van der Waals surface area contributed by atoms with Gasteiger partial charge >= 0.3 is 11.9 Å². The van der Waals surface area contributed by atoms with Gasteiger partial charge < -0.3 is 9.47 Å². The van der Waals surface area contributed by atoms with Crippen molar-refractivity contribution in [2.45, 2.75) is 31.6 Å². The Morgan fingerprint density at radius 1 is 1.05 bits per heavy atom. The standard InChI is InChI=1S/C17H22O4S/c1-3-20-16(18)15(17(19)21-4-2)12-8-9-13-22-14-10-6-5-7-11-14/h5-7,10-12H,3-4,8-9,13H2,1-2H3. The zero-order chi connectivity index (χ0) is 16.2. The zero-order valence-corrected chi connectivity index (χ0v) is 13.9. The van der Waals surface area contributed by atoms with Gasteiger partial charge in [0.25, 0.3) is 0 Å². The molecule has 22 heavy (non-hydrogen) atoms. The zero-order valence-electron chi connectivity index (χ0n) is 13.0. The first-order valence-electron chi connectivity index (χ1n) is 7.41. The molecule has 0 amide bonds. The van der Waals surface area contributed by atoms with Crippen LogP contribution >= 0.6 is 11.8 Å². The molecule has 1 aromatic carbocycles. The molecule has 0 aliphatic heterocycles. The van der Waals surface area contributed by atoms with Gasteiger partial charge in [0.15, 0.2) is 0 Å². The molecule has 1 aromatic rings. The molecule has 0 heterocycles. The van der Waals surface area contributed by atoms with Crippen LogP contribution < -0.4 is 0 Å². The Labute approximate surface area is 135 Å². The van der Waals surface area contributed by atoms with Gasteiger partial charge in [-0.1, -0.05) is 24.3 Å². The second-order valence-corrected chi connectivity index (χ2v) is 5.53. The van der Waals surface area contributed by atoms with Gasteiger partial charge in [0, 0.05) is 4.90 Å². The first-order valence-corrected chi connectivity index (χ1v) is 8.39. The highest BCUT2D eigenvalue weighted by Gasteiger charge is 2.20. The highest BCUT2D eigenvalue weighted by atomic mass is 32.2. The van der Waals surface area contributed by atoms with Gasteiger partial charge in [0.05, 0.1) is 13.2 Å². The molecule has 0 unspecified atom stereocenters. The normalized spacial score (nSPS) is 9.91. The third-order valence-electron chi connectivity index (χ3n) is 2.70. The third-order valence-corrected chi connectivity index (χ3v) is 3.80. The van der Waals surface area contributed by atoms with E-state index >= 15 is 0 Å². The lowest BCUT2D eigenvalue weighted by atomic mass is 10.2. The van der Waals surface area contributed by atoms with Gasteiger partial charge in [0.1, 0.15) is 5.57 Å². The van der Waals surface area contributed by atoms with Crippen LogP contribution in [-0.2, 0) is 19.1 Å². The van der Waals surface area contributed by atoms with Gasteiger partial charge in [-0.3, -0.25) is 0 Å². The Balaban J connectivity index is 2.46. The molecule has 4 nitrogen and oxygen atoms in total. The second-order valence-electron chi connectivity index (χ2n) is 4.36. The summed E-state index contributed by atoms with van der Waals surface area (Å²) in [6.07, 6.45) is 3.11. The highest BCUT2D eigenvalue weighted by Crippen LogP contribution is 2.18. The molecule has 5 heteroatoms. The van der Waals surface area contributed by atoms with E-state index in [-0.39, 0.29) is 18.8 Å². The molecule has 0 atom stereocenters. The summed E-state index contributed by atoms with van der Waals surface area (Å²) in [5.41, 5.74) is -0.00610. The molecule has 0 fully saturated rings. The van der Waals surface area contributed by atoms with Crippen molar-refractivity contribution in [1.82, 2.24) is 0 Å². The number of unbranched alkanes of at least 4 members (excludes halogenated alkanes) is 1. The topological polar surface area (TPSA) is 52.6 Å². The van der Waals surface area contributed by atoms with Crippen molar-refractivity contribution >= 4 is 23.7 Å². The molecule has 0 saturated carbocycles. The van der Waals surface area contributed by atoms with Crippen LogP contribution in [0.4, 0.5) is 0 Å². The predicted octanol–water partition coefficient (Wildman–Crippen LogP) is 3.61. The van der Waals surface area contributed by atoms with E-state index in [1.165, 1.54) is 4.90 Å². The third kappa shape index (κ3) is 6.80. The smallest absolute Gasteiger partial charge is 0.345 e. The summed E-state index contributed by atoms with van der Waals surface area (Å²) in [5, 5.41) is 0. The van der Waals surface area contributed by atoms with Crippen LogP contribution in [0.5, 0.6) is 0 Å². The number of carbonyl (C=O) groups is 2. The number of ether oxygens (including phenoxy) is 2. The minimum atomic E-state index is -0.614. The number of hydrogen-bond donors (Lipinski definition) is 0. The number of hydrogen-bond acceptors (Lipinski definition) is 5. The van der Waals surface area contributed by atoms with Crippen LogP contribution in [0, 0.1) is 0 Å². The molecule has 0 spiro atoms. The van der Waals surface area contributed by atoms with E-state index in [1.807, 2.05) is 18.2 Å². The maximum absolute atomic E-state index is 11.7.